The fourth-order valence-electron chi connectivity index (χ4n) is 5.94. The molecule has 1 saturated heterocycles. The maximum absolute atomic E-state index is 13.3. The molecule has 9 nitrogen and oxygen atoms in total. The molecule has 0 radical (unpaired) electrons. The smallest absolute Gasteiger partial charge is 0.310 e. The molecule has 1 aliphatic carbocycles. The lowest BCUT2D eigenvalue weighted by Gasteiger charge is -2.38. The van der Waals surface area contributed by atoms with Crippen molar-refractivity contribution in [1.82, 2.24) is 0 Å². The summed E-state index contributed by atoms with van der Waals surface area (Å²) in [6.45, 7) is 0.197. The van der Waals surface area contributed by atoms with Crippen LogP contribution in [-0.4, -0.2) is 46.7 Å². The van der Waals surface area contributed by atoms with Gasteiger partial charge in [-0.25, -0.2) is 0 Å². The highest BCUT2D eigenvalue weighted by Gasteiger charge is 2.54. The molecule has 208 valence electrons. The van der Waals surface area contributed by atoms with Crippen LogP contribution in [0.15, 0.2) is 53.0 Å². The van der Waals surface area contributed by atoms with Crippen LogP contribution in [0.25, 0.3) is 0 Å². The van der Waals surface area contributed by atoms with Gasteiger partial charge in [0.1, 0.15) is 6.10 Å². The Hall–Kier alpha value is -3.92. The summed E-state index contributed by atoms with van der Waals surface area (Å²) in [5.74, 6) is 0.207. The second-order valence-corrected chi connectivity index (χ2v) is 10.7. The lowest BCUT2D eigenvalue weighted by molar-refractivity contribution is -0.153. The molecule has 3 aromatic rings. The third-order valence-corrected chi connectivity index (χ3v) is 8.15. The summed E-state index contributed by atoms with van der Waals surface area (Å²) in [6, 6.07) is 14.9. The summed E-state index contributed by atoms with van der Waals surface area (Å²) in [4.78, 5) is 26.5. The molecule has 0 amide bonds. The Morgan fingerprint density at radius 2 is 1.62 bits per heavy atom. The van der Waals surface area contributed by atoms with Gasteiger partial charge in [-0.15, -0.1) is 0 Å². The summed E-state index contributed by atoms with van der Waals surface area (Å²) < 4.78 is 40.7. The molecule has 0 spiro atoms. The number of methoxy groups -OCH3 is 3. The molecule has 4 atom stereocenters. The van der Waals surface area contributed by atoms with Crippen LogP contribution in [-0.2, 0) is 25.5 Å². The second-order valence-electron chi connectivity index (χ2n) is 9.81. The first kappa shape index (κ1) is 26.3. The number of cyclic esters (lactones) is 1. The minimum absolute atomic E-state index is 0.0787. The van der Waals surface area contributed by atoms with Gasteiger partial charge in [-0.05, 0) is 53.1 Å². The largest absolute Gasteiger partial charge is 0.493 e. The minimum Gasteiger partial charge on any atom is -0.493 e. The maximum atomic E-state index is 13.3. The molecule has 2 aliphatic heterocycles. The highest BCUT2D eigenvalue weighted by Crippen LogP contribution is 2.56. The van der Waals surface area contributed by atoms with Gasteiger partial charge in [-0.1, -0.05) is 28.1 Å². The fourth-order valence-corrected chi connectivity index (χ4v) is 6.39. The molecular weight excluding hydrogens is 584 g/mol. The molecule has 2 heterocycles. The van der Waals surface area contributed by atoms with Gasteiger partial charge in [-0.3, -0.25) is 9.59 Å². The van der Waals surface area contributed by atoms with Crippen molar-refractivity contribution < 1.29 is 42.7 Å². The van der Waals surface area contributed by atoms with Gasteiger partial charge >= 0.3 is 11.9 Å². The zero-order valence-corrected chi connectivity index (χ0v) is 23.7. The first-order chi connectivity index (χ1) is 19.4. The van der Waals surface area contributed by atoms with Crippen molar-refractivity contribution in [2.75, 3.05) is 34.7 Å². The lowest BCUT2D eigenvalue weighted by Crippen LogP contribution is -2.36. The Labute approximate surface area is 239 Å². The summed E-state index contributed by atoms with van der Waals surface area (Å²) in [5.41, 5.74) is 3.10. The molecule has 0 unspecified atom stereocenters. The Balaban J connectivity index is 1.46. The van der Waals surface area contributed by atoms with Gasteiger partial charge < -0.3 is 33.2 Å². The van der Waals surface area contributed by atoms with E-state index in [2.05, 4.69) is 15.9 Å². The summed E-state index contributed by atoms with van der Waals surface area (Å²) >= 11 is 3.44. The molecular formula is C30H27BrO9. The van der Waals surface area contributed by atoms with E-state index in [9.17, 15) is 9.59 Å². The van der Waals surface area contributed by atoms with Crippen LogP contribution in [0.2, 0.25) is 0 Å². The van der Waals surface area contributed by atoms with Crippen molar-refractivity contribution in [2.24, 2.45) is 11.8 Å². The van der Waals surface area contributed by atoms with Crippen molar-refractivity contribution in [3.05, 3.63) is 75.3 Å². The highest BCUT2D eigenvalue weighted by molar-refractivity contribution is 9.10. The summed E-state index contributed by atoms with van der Waals surface area (Å²) in [7, 11) is 4.62. The van der Waals surface area contributed by atoms with E-state index in [-0.39, 0.29) is 25.8 Å². The predicted octanol–water partition coefficient (Wildman–Crippen LogP) is 4.97. The lowest BCUT2D eigenvalue weighted by atomic mass is 9.66. The first-order valence-electron chi connectivity index (χ1n) is 12.8. The zero-order chi connectivity index (χ0) is 28.0. The van der Waals surface area contributed by atoms with Gasteiger partial charge in [-0.2, -0.15) is 0 Å². The number of hydrogen-bond donors (Lipinski definition) is 0. The van der Waals surface area contributed by atoms with E-state index in [1.807, 2.05) is 48.5 Å². The maximum Gasteiger partial charge on any atom is 0.310 e. The number of carbonyl (C=O) groups is 2. The number of ether oxygens (including phenoxy) is 7. The Morgan fingerprint density at radius 1 is 0.925 bits per heavy atom. The van der Waals surface area contributed by atoms with Crippen molar-refractivity contribution >= 4 is 27.9 Å². The molecule has 3 aromatic carbocycles. The molecule has 1 fully saturated rings. The van der Waals surface area contributed by atoms with Gasteiger partial charge in [0.25, 0.3) is 0 Å². The Bertz CT molecular complexity index is 1460. The fraction of sp³-hybridized carbons (Fsp3) is 0.333. The van der Waals surface area contributed by atoms with Crippen molar-refractivity contribution in [1.29, 1.82) is 0 Å². The van der Waals surface area contributed by atoms with Crippen LogP contribution in [0.3, 0.4) is 0 Å². The standard InChI is InChI=1S/C30H27BrO9/c1-34-23-9-16(10-24(35-2)29(23)36-3)26-18-11-21-22(39-14-38-21)12-19(18)28(20-13-37-30(33)27(20)26)40-25(32)8-15-5-4-6-17(31)7-15/h4-7,9-12,20,26-28H,8,13-14H2,1-3H3/t20-,26+,27+,28-/m0/s1. The molecule has 0 N–H and O–H groups in total. The molecule has 0 bridgehead atoms. The van der Waals surface area contributed by atoms with E-state index in [1.165, 1.54) is 7.11 Å². The molecule has 3 aliphatic rings. The van der Waals surface area contributed by atoms with Gasteiger partial charge in [0.2, 0.25) is 12.5 Å². The van der Waals surface area contributed by atoms with Gasteiger partial charge in [0.15, 0.2) is 23.0 Å². The average Bonchev–Trinajstić information content (AvgIpc) is 3.57. The first-order valence-corrected chi connectivity index (χ1v) is 13.5. The van der Waals surface area contributed by atoms with Crippen LogP contribution >= 0.6 is 15.9 Å². The van der Waals surface area contributed by atoms with Crippen molar-refractivity contribution in [3.63, 3.8) is 0 Å². The molecule has 0 aromatic heterocycles. The normalized spacial score (nSPS) is 22.1. The third kappa shape index (κ3) is 4.50. The number of fused-ring (bicyclic) bond motifs is 3. The minimum atomic E-state index is -0.723. The number of benzene rings is 3. The van der Waals surface area contributed by atoms with E-state index < -0.39 is 29.8 Å². The van der Waals surface area contributed by atoms with Crippen LogP contribution < -0.4 is 23.7 Å². The topological polar surface area (TPSA) is 98.8 Å². The van der Waals surface area contributed by atoms with E-state index in [0.29, 0.717) is 28.7 Å². The molecule has 10 heteroatoms. The number of carbonyl (C=O) groups excluding carboxylic acids is 2. The van der Waals surface area contributed by atoms with Crippen LogP contribution in [0.4, 0.5) is 0 Å². The van der Waals surface area contributed by atoms with Crippen molar-refractivity contribution in [2.45, 2.75) is 18.4 Å². The summed E-state index contributed by atoms with van der Waals surface area (Å²) in [6.07, 6.45) is -0.642. The Morgan fingerprint density at radius 3 is 2.27 bits per heavy atom. The van der Waals surface area contributed by atoms with Crippen LogP contribution in [0.1, 0.15) is 34.3 Å². The SMILES string of the molecule is COc1cc([C@@H]2c3cc4c(cc3[C@H](OC(=O)Cc3cccc(Br)c3)[C@H]3COC(=O)[C@@H]23)OCO4)cc(OC)c1OC. The summed E-state index contributed by atoms with van der Waals surface area (Å²) in [5, 5.41) is 0. The van der Waals surface area contributed by atoms with E-state index in [0.717, 1.165) is 26.7 Å². The number of esters is 2. The number of rotatable bonds is 7. The highest BCUT2D eigenvalue weighted by atomic mass is 79.9. The number of hydrogen-bond acceptors (Lipinski definition) is 9. The zero-order valence-electron chi connectivity index (χ0n) is 22.1. The van der Waals surface area contributed by atoms with E-state index in [4.69, 9.17) is 33.2 Å². The van der Waals surface area contributed by atoms with Crippen LogP contribution in [0.5, 0.6) is 28.7 Å². The molecule has 0 saturated carbocycles. The van der Waals surface area contributed by atoms with Gasteiger partial charge in [0, 0.05) is 21.9 Å². The molecule has 40 heavy (non-hydrogen) atoms. The quantitative estimate of drug-likeness (QED) is 0.343. The third-order valence-electron chi connectivity index (χ3n) is 7.66. The molecule has 6 rings (SSSR count). The number of halogens is 1. The van der Waals surface area contributed by atoms with E-state index in [1.54, 1.807) is 14.2 Å². The second kappa shape index (κ2) is 10.6. The predicted molar refractivity (Wildman–Crippen MR) is 145 cm³/mol. The van der Waals surface area contributed by atoms with Crippen LogP contribution in [0, 0.1) is 11.8 Å². The monoisotopic (exact) mass is 610 g/mol. The average molecular weight is 611 g/mol. The van der Waals surface area contributed by atoms with E-state index >= 15 is 0 Å². The van der Waals surface area contributed by atoms with Crippen molar-refractivity contribution in [3.8, 4) is 28.7 Å². The Kier molecular flexibility index (Phi) is 6.95. The van der Waals surface area contributed by atoms with Gasteiger partial charge in [0.05, 0.1) is 40.3 Å².